The van der Waals surface area contributed by atoms with E-state index in [9.17, 15) is 4.79 Å². The van der Waals surface area contributed by atoms with E-state index in [1.54, 1.807) is 24.3 Å². The highest BCUT2D eigenvalue weighted by atomic mass is 35.5. The normalized spacial score (nSPS) is 15.9. The predicted molar refractivity (Wildman–Crippen MR) is 88.2 cm³/mol. The molecule has 0 unspecified atom stereocenters. The molecule has 1 heterocycles. The molecule has 0 radical (unpaired) electrons. The van der Waals surface area contributed by atoms with Gasteiger partial charge in [0.1, 0.15) is 0 Å². The number of hydrogen-bond acceptors (Lipinski definition) is 3. The molecule has 0 bridgehead atoms. The molecule has 3 nitrogen and oxygen atoms in total. The summed E-state index contributed by atoms with van der Waals surface area (Å²) in [5.74, 6) is -0.191. The van der Waals surface area contributed by atoms with Crippen LogP contribution in [0.1, 0.15) is 16.7 Å². The number of aryl methyl sites for hydroxylation is 1. The van der Waals surface area contributed by atoms with Gasteiger partial charge in [-0.3, -0.25) is 0 Å². The summed E-state index contributed by atoms with van der Waals surface area (Å²) in [6.07, 6.45) is 1.59. The Bertz CT molecular complexity index is 825. The monoisotopic (exact) mass is 331 g/mol. The Morgan fingerprint density at radius 1 is 1.14 bits per heavy atom. The predicted octanol–water partition coefficient (Wildman–Crippen LogP) is 4.65. The second kappa shape index (κ2) is 5.95. The number of hydrogen-bond donors (Lipinski definition) is 0. The average molecular weight is 332 g/mol. The van der Waals surface area contributed by atoms with Crippen molar-refractivity contribution < 1.29 is 9.53 Å². The smallest absolute Gasteiger partial charge is 0.363 e. The van der Waals surface area contributed by atoms with Crippen molar-refractivity contribution in [3.05, 3.63) is 74.9 Å². The molecule has 1 aliphatic heterocycles. The maximum atomic E-state index is 12.0. The van der Waals surface area contributed by atoms with E-state index in [0.29, 0.717) is 21.5 Å². The minimum atomic E-state index is -0.496. The molecular weight excluding hydrogens is 321 g/mol. The standard InChI is InChI=1S/C17H11Cl2NO2/c1-10-4-2-3-5-13(10)16-20-15(17(21)22-16)8-11-6-7-12(18)9-14(11)19/h2-9H,1H3. The molecule has 0 N–H and O–H groups in total. The molecule has 3 rings (SSSR count). The summed E-state index contributed by atoms with van der Waals surface area (Å²) in [5, 5.41) is 0.984. The van der Waals surface area contributed by atoms with Crippen LogP contribution in [-0.2, 0) is 9.53 Å². The van der Waals surface area contributed by atoms with E-state index in [2.05, 4.69) is 4.99 Å². The maximum absolute atomic E-state index is 12.0. The molecule has 0 saturated heterocycles. The number of ether oxygens (including phenoxy) is 1. The van der Waals surface area contributed by atoms with Crippen LogP contribution in [0.2, 0.25) is 10.0 Å². The summed E-state index contributed by atoms with van der Waals surface area (Å²) >= 11 is 12.0. The highest BCUT2D eigenvalue weighted by Crippen LogP contribution is 2.26. The lowest BCUT2D eigenvalue weighted by Crippen LogP contribution is -2.06. The summed E-state index contributed by atoms with van der Waals surface area (Å²) in [5.41, 5.74) is 2.65. The van der Waals surface area contributed by atoms with Gasteiger partial charge in [-0.25, -0.2) is 9.79 Å². The SMILES string of the molecule is Cc1ccccc1C1=NC(=Cc2ccc(Cl)cc2Cl)C(=O)O1. The molecule has 0 amide bonds. The summed E-state index contributed by atoms with van der Waals surface area (Å²) in [4.78, 5) is 16.3. The van der Waals surface area contributed by atoms with Crippen molar-refractivity contribution in [1.29, 1.82) is 0 Å². The fourth-order valence-corrected chi connectivity index (χ4v) is 2.57. The first-order chi connectivity index (χ1) is 10.5. The van der Waals surface area contributed by atoms with Gasteiger partial charge in [0, 0.05) is 15.6 Å². The second-order valence-electron chi connectivity index (χ2n) is 4.82. The van der Waals surface area contributed by atoms with E-state index in [0.717, 1.165) is 11.1 Å². The van der Waals surface area contributed by atoms with Gasteiger partial charge in [-0.15, -0.1) is 0 Å². The van der Waals surface area contributed by atoms with Crippen LogP contribution in [0, 0.1) is 6.92 Å². The lowest BCUT2D eigenvalue weighted by atomic mass is 10.1. The number of carbonyl (C=O) groups excluding carboxylic acids is 1. The van der Waals surface area contributed by atoms with Gasteiger partial charge in [0.2, 0.25) is 5.90 Å². The number of rotatable bonds is 2. The highest BCUT2D eigenvalue weighted by Gasteiger charge is 2.25. The Balaban J connectivity index is 2.00. The number of halogens is 2. The fraction of sp³-hybridized carbons (Fsp3) is 0.0588. The van der Waals surface area contributed by atoms with Gasteiger partial charge in [-0.1, -0.05) is 47.5 Å². The minimum Gasteiger partial charge on any atom is -0.402 e. The van der Waals surface area contributed by atoms with E-state index >= 15 is 0 Å². The zero-order valence-corrected chi connectivity index (χ0v) is 13.2. The number of benzene rings is 2. The van der Waals surface area contributed by atoms with Crippen molar-refractivity contribution in [2.75, 3.05) is 0 Å². The number of aliphatic imine (C=N–C) groups is 1. The quantitative estimate of drug-likeness (QED) is 0.593. The van der Waals surface area contributed by atoms with Crippen LogP contribution in [0.4, 0.5) is 0 Å². The Morgan fingerprint density at radius 3 is 2.64 bits per heavy atom. The Hall–Kier alpha value is -2.10. The van der Waals surface area contributed by atoms with Crippen molar-refractivity contribution in [2.24, 2.45) is 4.99 Å². The van der Waals surface area contributed by atoms with Crippen LogP contribution in [0.3, 0.4) is 0 Å². The first kappa shape index (κ1) is 14.8. The molecule has 22 heavy (non-hydrogen) atoms. The van der Waals surface area contributed by atoms with Crippen LogP contribution < -0.4 is 0 Å². The third-order valence-electron chi connectivity index (χ3n) is 3.25. The number of carbonyl (C=O) groups is 1. The summed E-state index contributed by atoms with van der Waals surface area (Å²) < 4.78 is 5.25. The van der Waals surface area contributed by atoms with Gasteiger partial charge < -0.3 is 4.74 Å². The van der Waals surface area contributed by atoms with Crippen molar-refractivity contribution >= 4 is 41.1 Å². The van der Waals surface area contributed by atoms with Gasteiger partial charge in [-0.2, -0.15) is 0 Å². The lowest BCUT2D eigenvalue weighted by molar-refractivity contribution is -0.129. The molecule has 1 aliphatic rings. The third kappa shape index (κ3) is 2.91. The van der Waals surface area contributed by atoms with Crippen molar-refractivity contribution in [2.45, 2.75) is 6.92 Å². The van der Waals surface area contributed by atoms with E-state index < -0.39 is 5.97 Å². The molecule has 0 saturated carbocycles. The third-order valence-corrected chi connectivity index (χ3v) is 3.81. The van der Waals surface area contributed by atoms with Crippen molar-refractivity contribution in [1.82, 2.24) is 0 Å². The van der Waals surface area contributed by atoms with Crippen LogP contribution in [0.25, 0.3) is 6.08 Å². The van der Waals surface area contributed by atoms with E-state index in [-0.39, 0.29) is 5.70 Å². The second-order valence-corrected chi connectivity index (χ2v) is 5.66. The fourth-order valence-electron chi connectivity index (χ4n) is 2.10. The van der Waals surface area contributed by atoms with Gasteiger partial charge in [0.05, 0.1) is 0 Å². The van der Waals surface area contributed by atoms with Crippen LogP contribution >= 0.6 is 23.2 Å². The van der Waals surface area contributed by atoms with Crippen molar-refractivity contribution in [3.63, 3.8) is 0 Å². The molecule has 0 fully saturated rings. The average Bonchev–Trinajstić information content (AvgIpc) is 2.83. The molecule has 0 aliphatic carbocycles. The summed E-state index contributed by atoms with van der Waals surface area (Å²) in [6, 6.07) is 12.6. The van der Waals surface area contributed by atoms with Crippen LogP contribution in [0.15, 0.2) is 53.2 Å². The highest BCUT2D eigenvalue weighted by molar-refractivity contribution is 6.35. The maximum Gasteiger partial charge on any atom is 0.363 e. The summed E-state index contributed by atoms with van der Waals surface area (Å²) in [6.45, 7) is 1.93. The number of nitrogens with zero attached hydrogens (tertiary/aromatic N) is 1. The van der Waals surface area contributed by atoms with E-state index in [1.165, 1.54) is 0 Å². The first-order valence-corrected chi connectivity index (χ1v) is 7.34. The minimum absolute atomic E-state index is 0.211. The van der Waals surface area contributed by atoms with E-state index in [1.807, 2.05) is 31.2 Å². The topological polar surface area (TPSA) is 38.7 Å². The Labute approximate surface area is 137 Å². The molecule has 110 valence electrons. The zero-order valence-electron chi connectivity index (χ0n) is 11.6. The molecule has 0 spiro atoms. The van der Waals surface area contributed by atoms with Gasteiger partial charge in [-0.05, 0) is 42.3 Å². The van der Waals surface area contributed by atoms with Crippen LogP contribution in [-0.4, -0.2) is 11.9 Å². The first-order valence-electron chi connectivity index (χ1n) is 6.58. The molecule has 2 aromatic carbocycles. The van der Waals surface area contributed by atoms with Gasteiger partial charge in [0.25, 0.3) is 0 Å². The number of esters is 1. The molecular formula is C17H11Cl2NO2. The Kier molecular flexibility index (Phi) is 4.01. The lowest BCUT2D eigenvalue weighted by Gasteiger charge is -2.02. The molecule has 5 heteroatoms. The molecule has 0 aromatic heterocycles. The van der Waals surface area contributed by atoms with Crippen molar-refractivity contribution in [3.8, 4) is 0 Å². The van der Waals surface area contributed by atoms with E-state index in [4.69, 9.17) is 27.9 Å². The Morgan fingerprint density at radius 2 is 1.91 bits per heavy atom. The molecule has 0 atom stereocenters. The van der Waals surface area contributed by atoms with Gasteiger partial charge in [0.15, 0.2) is 5.70 Å². The largest absolute Gasteiger partial charge is 0.402 e. The van der Waals surface area contributed by atoms with Crippen LogP contribution in [0.5, 0.6) is 0 Å². The van der Waals surface area contributed by atoms with Gasteiger partial charge >= 0.3 is 5.97 Å². The summed E-state index contributed by atoms with van der Waals surface area (Å²) in [7, 11) is 0. The molecule has 2 aromatic rings. The number of cyclic esters (lactones) is 1. The zero-order chi connectivity index (χ0) is 15.7.